The van der Waals surface area contributed by atoms with E-state index in [1.54, 1.807) is 0 Å². The summed E-state index contributed by atoms with van der Waals surface area (Å²) in [5.41, 5.74) is 5.41. The molecule has 1 aliphatic heterocycles. The summed E-state index contributed by atoms with van der Waals surface area (Å²) in [5.74, 6) is -4.07. The first-order valence-corrected chi connectivity index (χ1v) is 7.69. The Balaban J connectivity index is 3.32. The Bertz CT molecular complexity index is 625. The Morgan fingerprint density at radius 2 is 1.44 bits per heavy atom. The Morgan fingerprint density at radius 3 is 2.00 bits per heavy atom. The average molecular weight is 395 g/mol. The lowest BCUT2D eigenvalue weighted by Gasteiger charge is -2.44. The molecule has 0 aromatic heterocycles. The summed E-state index contributed by atoms with van der Waals surface area (Å²) in [4.78, 5) is 46.8. The SMILES string of the molecule is [2H]CC(=O)OC[C@H]1OC(OCCN)[C@H](OC(=O)C[2H])[C@@H](OC(=O)C[2H])[C@@H]1OC(=O)C[2H]. The van der Waals surface area contributed by atoms with E-state index in [9.17, 15) is 19.2 Å². The van der Waals surface area contributed by atoms with Gasteiger partial charge >= 0.3 is 23.9 Å². The molecule has 0 aromatic carbocycles. The summed E-state index contributed by atoms with van der Waals surface area (Å²) in [7, 11) is 0. The number of rotatable bonds is 8. The first-order valence-electron chi connectivity index (χ1n) is 10.5. The van der Waals surface area contributed by atoms with E-state index in [-0.39, 0.29) is 13.2 Å². The van der Waals surface area contributed by atoms with E-state index in [2.05, 4.69) is 0 Å². The molecule has 27 heavy (non-hydrogen) atoms. The van der Waals surface area contributed by atoms with Crippen molar-refractivity contribution >= 4 is 23.9 Å². The fourth-order valence-electron chi connectivity index (χ4n) is 2.36. The van der Waals surface area contributed by atoms with E-state index in [0.29, 0.717) is 0 Å². The van der Waals surface area contributed by atoms with Crippen LogP contribution < -0.4 is 5.73 Å². The first-order chi connectivity index (χ1) is 14.8. The molecule has 11 heteroatoms. The molecule has 0 amide bonds. The lowest BCUT2D eigenvalue weighted by molar-refractivity contribution is -0.307. The summed E-state index contributed by atoms with van der Waals surface area (Å²) >= 11 is 0. The Labute approximate surface area is 161 Å². The molecular formula is C16H25NO10. The van der Waals surface area contributed by atoms with Crippen molar-refractivity contribution in [3.8, 4) is 0 Å². The molecule has 1 unspecified atom stereocenters. The van der Waals surface area contributed by atoms with Crippen molar-refractivity contribution in [3.63, 3.8) is 0 Å². The van der Waals surface area contributed by atoms with Crippen molar-refractivity contribution in [1.82, 2.24) is 0 Å². The van der Waals surface area contributed by atoms with E-state index >= 15 is 0 Å². The zero-order valence-electron chi connectivity index (χ0n) is 18.5. The summed E-state index contributed by atoms with van der Waals surface area (Å²) < 4.78 is 59.7. The van der Waals surface area contributed by atoms with Gasteiger partial charge in [0.05, 0.1) is 6.61 Å². The van der Waals surface area contributed by atoms with Gasteiger partial charge in [-0.25, -0.2) is 0 Å². The van der Waals surface area contributed by atoms with Crippen LogP contribution in [0.4, 0.5) is 0 Å². The smallest absolute Gasteiger partial charge is 0.303 e. The predicted octanol–water partition coefficient (Wildman–Crippen LogP) is -0.955. The first kappa shape index (κ1) is 16.9. The van der Waals surface area contributed by atoms with E-state index < -0.39 is 88.8 Å². The molecule has 0 aliphatic carbocycles. The van der Waals surface area contributed by atoms with Gasteiger partial charge in [0.25, 0.3) is 0 Å². The van der Waals surface area contributed by atoms with Crippen molar-refractivity contribution < 1.29 is 53.1 Å². The molecule has 1 fully saturated rings. The van der Waals surface area contributed by atoms with Gasteiger partial charge in [-0.3, -0.25) is 19.2 Å². The Kier molecular flexibility index (Phi) is 6.76. The maximum Gasteiger partial charge on any atom is 0.303 e. The van der Waals surface area contributed by atoms with Gasteiger partial charge in [0, 0.05) is 39.6 Å². The molecule has 0 spiro atoms. The molecule has 11 nitrogen and oxygen atoms in total. The highest BCUT2D eigenvalue weighted by atomic mass is 16.7. The number of carbonyl (C=O) groups is 4. The topological polar surface area (TPSA) is 150 Å². The van der Waals surface area contributed by atoms with Crippen LogP contribution in [0.5, 0.6) is 0 Å². The molecular weight excluding hydrogens is 366 g/mol. The second-order valence-electron chi connectivity index (χ2n) is 5.25. The van der Waals surface area contributed by atoms with Crippen LogP contribution in [-0.2, 0) is 47.6 Å². The minimum Gasteiger partial charge on any atom is -0.463 e. The van der Waals surface area contributed by atoms with E-state index in [1.807, 2.05) is 0 Å². The Hall–Kier alpha value is -2.24. The van der Waals surface area contributed by atoms with Crippen molar-refractivity contribution in [1.29, 1.82) is 0 Å². The van der Waals surface area contributed by atoms with Crippen LogP contribution in [0.2, 0.25) is 0 Å². The normalized spacial score (nSPS) is 29.3. The van der Waals surface area contributed by atoms with Gasteiger partial charge < -0.3 is 34.2 Å². The molecule has 1 heterocycles. The van der Waals surface area contributed by atoms with E-state index in [4.69, 9.17) is 39.6 Å². The lowest BCUT2D eigenvalue weighted by Crippen LogP contribution is -2.63. The fraction of sp³-hybridized carbons (Fsp3) is 0.750. The second kappa shape index (κ2) is 10.8. The molecule has 0 bridgehead atoms. The summed E-state index contributed by atoms with van der Waals surface area (Å²) in [6.07, 6.45) is -7.34. The second-order valence-corrected chi connectivity index (χ2v) is 5.25. The van der Waals surface area contributed by atoms with Gasteiger partial charge in [0.2, 0.25) is 0 Å². The Morgan fingerprint density at radius 1 is 0.889 bits per heavy atom. The van der Waals surface area contributed by atoms with Gasteiger partial charge in [0.15, 0.2) is 24.6 Å². The third-order valence-corrected chi connectivity index (χ3v) is 3.20. The third-order valence-electron chi connectivity index (χ3n) is 3.20. The van der Waals surface area contributed by atoms with E-state index in [0.717, 1.165) is 0 Å². The third kappa shape index (κ3) is 7.49. The fourth-order valence-corrected chi connectivity index (χ4v) is 2.36. The number of ether oxygens (including phenoxy) is 6. The van der Waals surface area contributed by atoms with Crippen LogP contribution in [0.3, 0.4) is 0 Å². The number of nitrogens with two attached hydrogens (primary N) is 1. The summed E-state index contributed by atoms with van der Waals surface area (Å²) in [6.45, 7) is -3.72. The monoisotopic (exact) mass is 395 g/mol. The van der Waals surface area contributed by atoms with Crippen LogP contribution >= 0.6 is 0 Å². The predicted molar refractivity (Wildman–Crippen MR) is 87.0 cm³/mol. The molecule has 0 saturated carbocycles. The van der Waals surface area contributed by atoms with Gasteiger partial charge in [0.1, 0.15) is 12.7 Å². The molecule has 2 N–H and O–H groups in total. The van der Waals surface area contributed by atoms with Crippen molar-refractivity contribution in [2.24, 2.45) is 5.73 Å². The zero-order chi connectivity index (χ0) is 23.4. The largest absolute Gasteiger partial charge is 0.463 e. The lowest BCUT2D eigenvalue weighted by atomic mass is 9.98. The van der Waals surface area contributed by atoms with Gasteiger partial charge in [-0.05, 0) is 0 Å². The van der Waals surface area contributed by atoms with Crippen LogP contribution in [0, 0.1) is 0 Å². The van der Waals surface area contributed by atoms with E-state index in [1.165, 1.54) is 0 Å². The molecule has 1 aliphatic rings. The average Bonchev–Trinajstić information content (AvgIpc) is 2.78. The molecule has 0 radical (unpaired) electrons. The molecule has 1 rings (SSSR count). The molecule has 1 saturated heterocycles. The number of esters is 4. The van der Waals surface area contributed by atoms with Crippen LogP contribution in [0.1, 0.15) is 33.1 Å². The highest BCUT2D eigenvalue weighted by molar-refractivity contribution is 5.68. The van der Waals surface area contributed by atoms with Crippen LogP contribution in [0.25, 0.3) is 0 Å². The number of carbonyl (C=O) groups excluding carboxylic acids is 4. The number of hydrogen-bond acceptors (Lipinski definition) is 11. The molecule has 5 atom stereocenters. The van der Waals surface area contributed by atoms with Gasteiger partial charge in [-0.1, -0.05) is 0 Å². The maximum atomic E-state index is 11.8. The van der Waals surface area contributed by atoms with Crippen LogP contribution in [-0.4, -0.2) is 74.3 Å². The quantitative estimate of drug-likeness (QED) is 0.400. The van der Waals surface area contributed by atoms with Crippen molar-refractivity contribution in [2.75, 3.05) is 19.8 Å². The molecule has 0 aromatic rings. The maximum absolute atomic E-state index is 11.8. The number of hydrogen-bond donors (Lipinski definition) is 1. The summed E-state index contributed by atoms with van der Waals surface area (Å²) in [5, 5.41) is 0. The minimum absolute atomic E-state index is 0.0336. The van der Waals surface area contributed by atoms with Crippen molar-refractivity contribution in [2.45, 2.75) is 58.3 Å². The van der Waals surface area contributed by atoms with Crippen LogP contribution in [0.15, 0.2) is 0 Å². The van der Waals surface area contributed by atoms with Gasteiger partial charge in [-0.2, -0.15) is 0 Å². The molecule has 154 valence electrons. The summed E-state index contributed by atoms with van der Waals surface area (Å²) in [6, 6.07) is 0. The highest BCUT2D eigenvalue weighted by Crippen LogP contribution is 2.29. The van der Waals surface area contributed by atoms with Gasteiger partial charge in [-0.15, -0.1) is 0 Å². The highest BCUT2D eigenvalue weighted by Gasteiger charge is 2.52. The zero-order valence-corrected chi connectivity index (χ0v) is 14.5. The standard InChI is InChI=1S/C16H25NO10/c1-8(18)23-7-12-13(24-9(2)19)14(25-10(3)20)15(26-11(4)21)16(27-12)22-6-5-17/h12-16H,5-7,17H2,1-4H3/t12-,13-,14+,15-,16?/m1/s1/i1D,2D,3D,4D. The van der Waals surface area contributed by atoms with Crippen molar-refractivity contribution in [3.05, 3.63) is 0 Å². The minimum atomic E-state index is -1.57.